The number of carbonyl (C=O) groups is 1. The minimum atomic E-state index is -3.88. The Hall–Kier alpha value is -3.09. The number of aryl methyl sites for hydroxylation is 1. The van der Waals surface area contributed by atoms with Crippen LogP contribution in [0.25, 0.3) is 10.9 Å². The number of ether oxygens (including phenoxy) is 1. The fraction of sp³-hybridized carbons (Fsp3) is 0.458. The molecule has 1 atom stereocenters. The van der Waals surface area contributed by atoms with Gasteiger partial charge in [0, 0.05) is 24.2 Å². The molecule has 1 aromatic carbocycles. The number of nitrogens with two attached hydrogens (primary N) is 1. The molecule has 2 fully saturated rings. The summed E-state index contributed by atoms with van der Waals surface area (Å²) >= 11 is 0. The summed E-state index contributed by atoms with van der Waals surface area (Å²) in [4.78, 5) is 16.1. The van der Waals surface area contributed by atoms with Gasteiger partial charge in [0.15, 0.2) is 10.8 Å². The predicted octanol–water partition coefficient (Wildman–Crippen LogP) is 3.00. The summed E-state index contributed by atoms with van der Waals surface area (Å²) in [6, 6.07) is 5.74. The van der Waals surface area contributed by atoms with Crippen molar-refractivity contribution in [3.63, 3.8) is 0 Å². The number of nitrogens with one attached hydrogen (secondary N) is 1. The lowest BCUT2D eigenvalue weighted by atomic mass is 10.1. The molecule has 3 aromatic rings. The normalized spacial score (nSPS) is 18.3. The lowest BCUT2D eigenvalue weighted by molar-refractivity contribution is -0.151. The van der Waals surface area contributed by atoms with Crippen molar-refractivity contribution in [3.05, 3.63) is 41.8 Å². The number of carbonyl (C=O) groups excluding carboxylic acids is 1. The largest absolute Gasteiger partial charge is 0.461 e. The second-order valence-corrected chi connectivity index (χ2v) is 11.4. The first kappa shape index (κ1) is 24.6. The Morgan fingerprint density at radius 3 is 2.58 bits per heavy atom. The molecular formula is C24H29FN6O4S. The Morgan fingerprint density at radius 1 is 1.22 bits per heavy atom. The van der Waals surface area contributed by atoms with E-state index in [2.05, 4.69) is 10.3 Å². The number of hydrogen-bond donors (Lipinski definition) is 2. The van der Waals surface area contributed by atoms with E-state index in [4.69, 9.17) is 15.6 Å². The molecule has 192 valence electrons. The van der Waals surface area contributed by atoms with Crippen molar-refractivity contribution in [1.29, 1.82) is 0 Å². The molecule has 3 heterocycles. The van der Waals surface area contributed by atoms with Crippen molar-refractivity contribution in [2.75, 3.05) is 18.4 Å². The topological polar surface area (TPSA) is 132 Å². The van der Waals surface area contributed by atoms with Crippen LogP contribution in [0.1, 0.15) is 44.2 Å². The van der Waals surface area contributed by atoms with Gasteiger partial charge in [0.05, 0.1) is 17.8 Å². The van der Waals surface area contributed by atoms with Gasteiger partial charge in [-0.25, -0.2) is 17.8 Å². The smallest absolute Gasteiger partial charge is 0.322 e. The summed E-state index contributed by atoms with van der Waals surface area (Å²) < 4.78 is 49.2. The van der Waals surface area contributed by atoms with Gasteiger partial charge in [-0.3, -0.25) is 9.48 Å². The summed E-state index contributed by atoms with van der Waals surface area (Å²) in [5.41, 5.74) is 7.43. The van der Waals surface area contributed by atoms with Gasteiger partial charge in [0.1, 0.15) is 18.0 Å². The number of esters is 1. The number of benzene rings is 1. The summed E-state index contributed by atoms with van der Waals surface area (Å²) in [7, 11) is -3.88. The standard InChI is InChI=1S/C24H29FN6O4S/c1-14-11-16(3-6-20(14)25)28-23-19-12-22(27-13-21(19)31(29-23)17-4-5-17)36(33,34)30-9-7-18(8-10-30)35-24(32)15(2)26/h3,6,11-13,15,17-18H,4-5,7-10,26H2,1-2H3,(H,28,29)/t15-/m0/s1. The Kier molecular flexibility index (Phi) is 6.43. The van der Waals surface area contributed by atoms with Crippen molar-refractivity contribution >= 4 is 38.4 Å². The quantitative estimate of drug-likeness (QED) is 0.458. The first-order chi connectivity index (χ1) is 17.1. The van der Waals surface area contributed by atoms with Crippen molar-refractivity contribution in [3.8, 4) is 0 Å². The molecule has 10 nitrogen and oxygen atoms in total. The summed E-state index contributed by atoms with van der Waals surface area (Å²) in [6.45, 7) is 3.65. The molecule has 3 N–H and O–H groups in total. The minimum absolute atomic E-state index is 0.0743. The van der Waals surface area contributed by atoms with Crippen molar-refractivity contribution < 1.29 is 22.3 Å². The van der Waals surface area contributed by atoms with E-state index in [0.29, 0.717) is 35.3 Å². The monoisotopic (exact) mass is 516 g/mol. The predicted molar refractivity (Wildman–Crippen MR) is 132 cm³/mol. The van der Waals surface area contributed by atoms with Gasteiger partial charge in [0.25, 0.3) is 10.0 Å². The number of sulfonamides is 1. The first-order valence-corrected chi connectivity index (χ1v) is 13.4. The van der Waals surface area contributed by atoms with E-state index < -0.39 is 22.0 Å². The highest BCUT2D eigenvalue weighted by molar-refractivity contribution is 7.89. The van der Waals surface area contributed by atoms with Crippen LogP contribution in [0.15, 0.2) is 35.5 Å². The molecule has 0 unspecified atom stereocenters. The van der Waals surface area contributed by atoms with Crippen LogP contribution in [0.4, 0.5) is 15.9 Å². The maximum absolute atomic E-state index is 13.7. The van der Waals surface area contributed by atoms with Gasteiger partial charge in [-0.1, -0.05) is 0 Å². The molecule has 5 rings (SSSR count). The second kappa shape index (κ2) is 9.41. The average molecular weight is 517 g/mol. The lowest BCUT2D eigenvalue weighted by Gasteiger charge is -2.30. The highest BCUT2D eigenvalue weighted by Gasteiger charge is 2.33. The molecule has 1 aliphatic heterocycles. The second-order valence-electron chi connectivity index (χ2n) is 9.48. The van der Waals surface area contributed by atoms with E-state index in [1.807, 2.05) is 4.68 Å². The molecule has 2 aliphatic rings. The molecule has 12 heteroatoms. The Bertz CT molecular complexity index is 1410. The van der Waals surface area contributed by atoms with Crippen LogP contribution in [0.3, 0.4) is 0 Å². The van der Waals surface area contributed by atoms with Crippen molar-refractivity contribution in [1.82, 2.24) is 19.1 Å². The molecule has 1 saturated carbocycles. The number of rotatable bonds is 7. The zero-order valence-corrected chi connectivity index (χ0v) is 21.0. The molecule has 2 aromatic heterocycles. The first-order valence-electron chi connectivity index (χ1n) is 12.0. The molecular weight excluding hydrogens is 487 g/mol. The van der Waals surface area contributed by atoms with E-state index >= 15 is 0 Å². The molecule has 36 heavy (non-hydrogen) atoms. The highest BCUT2D eigenvalue weighted by Crippen LogP contribution is 2.39. The zero-order chi connectivity index (χ0) is 25.6. The Balaban J connectivity index is 1.41. The number of hydrogen-bond acceptors (Lipinski definition) is 8. The fourth-order valence-electron chi connectivity index (χ4n) is 4.30. The summed E-state index contributed by atoms with van der Waals surface area (Å²) in [5, 5.41) is 8.46. The number of pyridine rings is 1. The van der Waals surface area contributed by atoms with Crippen LogP contribution in [0, 0.1) is 12.7 Å². The zero-order valence-electron chi connectivity index (χ0n) is 20.1. The third kappa shape index (κ3) is 4.80. The molecule has 1 saturated heterocycles. The lowest BCUT2D eigenvalue weighted by Crippen LogP contribution is -2.43. The maximum Gasteiger partial charge on any atom is 0.322 e. The van der Waals surface area contributed by atoms with E-state index in [0.717, 1.165) is 18.4 Å². The summed E-state index contributed by atoms with van der Waals surface area (Å²) in [5.74, 6) is -0.307. The average Bonchev–Trinajstić information content (AvgIpc) is 3.64. The van der Waals surface area contributed by atoms with Gasteiger partial charge in [0.2, 0.25) is 0 Å². The van der Waals surface area contributed by atoms with Crippen LogP contribution in [-0.4, -0.2) is 58.7 Å². The maximum atomic E-state index is 13.7. The number of halogens is 1. The number of aromatic nitrogens is 3. The van der Waals surface area contributed by atoms with Crippen LogP contribution in [0.2, 0.25) is 0 Å². The number of nitrogens with zero attached hydrogens (tertiary/aromatic N) is 4. The fourth-order valence-corrected chi connectivity index (χ4v) is 5.71. The van der Waals surface area contributed by atoms with Gasteiger partial charge in [-0.2, -0.15) is 9.40 Å². The number of fused-ring (bicyclic) bond motifs is 1. The van der Waals surface area contributed by atoms with E-state index in [1.165, 1.54) is 16.4 Å². The third-order valence-electron chi connectivity index (χ3n) is 6.54. The number of anilines is 2. The molecule has 0 bridgehead atoms. The van der Waals surface area contributed by atoms with Crippen LogP contribution < -0.4 is 11.1 Å². The van der Waals surface area contributed by atoms with E-state index in [1.54, 1.807) is 32.2 Å². The molecule has 0 radical (unpaired) electrons. The van der Waals surface area contributed by atoms with Crippen LogP contribution >= 0.6 is 0 Å². The van der Waals surface area contributed by atoms with Crippen LogP contribution in [-0.2, 0) is 19.6 Å². The van der Waals surface area contributed by atoms with Crippen molar-refractivity contribution in [2.24, 2.45) is 5.73 Å². The van der Waals surface area contributed by atoms with E-state index in [9.17, 15) is 17.6 Å². The van der Waals surface area contributed by atoms with Gasteiger partial charge in [-0.05, 0) is 69.4 Å². The highest BCUT2D eigenvalue weighted by atomic mass is 32.2. The molecule has 0 amide bonds. The SMILES string of the molecule is Cc1cc(Nc2nn(C3CC3)c3cnc(S(=O)(=O)N4CCC(OC(=O)[C@H](C)N)CC4)cc23)ccc1F. The third-order valence-corrected chi connectivity index (χ3v) is 8.34. The van der Waals surface area contributed by atoms with Gasteiger partial charge < -0.3 is 15.8 Å². The summed E-state index contributed by atoms with van der Waals surface area (Å²) in [6.07, 6.45) is 3.94. The Labute approximate surface area is 208 Å². The minimum Gasteiger partial charge on any atom is -0.461 e. The van der Waals surface area contributed by atoms with Crippen LogP contribution in [0.5, 0.6) is 0 Å². The van der Waals surface area contributed by atoms with Crippen molar-refractivity contribution in [2.45, 2.75) is 62.7 Å². The molecule has 1 aliphatic carbocycles. The van der Waals surface area contributed by atoms with Gasteiger partial charge in [-0.15, -0.1) is 0 Å². The van der Waals surface area contributed by atoms with E-state index in [-0.39, 0.29) is 36.1 Å². The molecule has 0 spiro atoms. The number of piperidine rings is 1. The Morgan fingerprint density at radius 2 is 1.94 bits per heavy atom. The van der Waals surface area contributed by atoms with Gasteiger partial charge >= 0.3 is 5.97 Å².